The summed E-state index contributed by atoms with van der Waals surface area (Å²) in [6.07, 6.45) is 1.62. The summed E-state index contributed by atoms with van der Waals surface area (Å²) >= 11 is 20.0. The van der Waals surface area contributed by atoms with Crippen LogP contribution in [0.5, 0.6) is 5.75 Å². The smallest absolute Gasteiger partial charge is 0.148 e. The Morgan fingerprint density at radius 3 is 2.45 bits per heavy atom. The molecular formula is C13H7Cl3N2OS. The number of fused-ring (bicyclic) bond motifs is 1. The topological polar surface area (TPSA) is 35.0 Å². The van der Waals surface area contributed by atoms with E-state index < -0.39 is 0 Å². The number of hydrogen-bond acceptors (Lipinski definition) is 4. The van der Waals surface area contributed by atoms with Crippen molar-refractivity contribution < 1.29 is 4.74 Å². The molecule has 3 nitrogen and oxygen atoms in total. The SMILES string of the molecule is COc1cc(Cl)c(-c2nc3ccnc(Cl)c3s2)c(Cl)c1. The zero-order valence-electron chi connectivity index (χ0n) is 10.2. The van der Waals surface area contributed by atoms with E-state index in [0.29, 0.717) is 31.5 Å². The van der Waals surface area contributed by atoms with Gasteiger partial charge in [-0.15, -0.1) is 11.3 Å². The van der Waals surface area contributed by atoms with Gasteiger partial charge in [0.05, 0.1) is 27.4 Å². The Morgan fingerprint density at radius 2 is 1.85 bits per heavy atom. The summed E-state index contributed by atoms with van der Waals surface area (Å²) in [7, 11) is 1.56. The molecule has 20 heavy (non-hydrogen) atoms. The van der Waals surface area contributed by atoms with E-state index in [1.807, 2.05) is 0 Å². The first kappa shape index (κ1) is 13.9. The molecule has 1 aromatic carbocycles. The van der Waals surface area contributed by atoms with Crippen molar-refractivity contribution in [1.82, 2.24) is 9.97 Å². The summed E-state index contributed by atoms with van der Waals surface area (Å²) in [5.41, 5.74) is 1.44. The first-order valence-electron chi connectivity index (χ1n) is 5.54. The number of ether oxygens (including phenoxy) is 1. The highest BCUT2D eigenvalue weighted by Gasteiger charge is 2.16. The zero-order valence-corrected chi connectivity index (χ0v) is 13.2. The van der Waals surface area contributed by atoms with E-state index in [2.05, 4.69) is 9.97 Å². The lowest BCUT2D eigenvalue weighted by atomic mass is 10.2. The minimum atomic E-state index is 0.423. The van der Waals surface area contributed by atoms with Crippen LogP contribution in [0.4, 0.5) is 0 Å². The van der Waals surface area contributed by atoms with Gasteiger partial charge in [0.15, 0.2) is 0 Å². The highest BCUT2D eigenvalue weighted by Crippen LogP contribution is 2.42. The molecule has 0 amide bonds. The van der Waals surface area contributed by atoms with Crippen molar-refractivity contribution >= 4 is 56.4 Å². The molecule has 3 rings (SSSR count). The van der Waals surface area contributed by atoms with Gasteiger partial charge in [0.25, 0.3) is 0 Å². The van der Waals surface area contributed by atoms with E-state index in [1.165, 1.54) is 11.3 Å². The van der Waals surface area contributed by atoms with Gasteiger partial charge in [0.1, 0.15) is 15.9 Å². The van der Waals surface area contributed by atoms with Crippen LogP contribution in [0.25, 0.3) is 20.8 Å². The first-order valence-corrected chi connectivity index (χ1v) is 7.49. The molecule has 0 unspecified atom stereocenters. The molecule has 0 radical (unpaired) electrons. The van der Waals surface area contributed by atoms with Crippen LogP contribution < -0.4 is 4.74 Å². The lowest BCUT2D eigenvalue weighted by molar-refractivity contribution is 0.415. The number of nitrogens with zero attached hydrogens (tertiary/aromatic N) is 2. The Kier molecular flexibility index (Phi) is 3.73. The van der Waals surface area contributed by atoms with Crippen LogP contribution >= 0.6 is 46.1 Å². The van der Waals surface area contributed by atoms with Gasteiger partial charge in [-0.1, -0.05) is 34.8 Å². The average Bonchev–Trinajstić information content (AvgIpc) is 2.82. The molecule has 0 aliphatic carbocycles. The maximum Gasteiger partial charge on any atom is 0.148 e. The molecule has 3 aromatic rings. The second kappa shape index (κ2) is 5.37. The Morgan fingerprint density at radius 1 is 1.15 bits per heavy atom. The molecule has 0 atom stereocenters. The number of rotatable bonds is 2. The summed E-state index contributed by atoms with van der Waals surface area (Å²) in [6.45, 7) is 0. The maximum absolute atomic E-state index is 6.27. The van der Waals surface area contributed by atoms with E-state index in [4.69, 9.17) is 39.5 Å². The third-order valence-corrected chi connectivity index (χ3v) is 4.82. The molecule has 0 bridgehead atoms. The van der Waals surface area contributed by atoms with Crippen molar-refractivity contribution in [2.75, 3.05) is 7.11 Å². The largest absolute Gasteiger partial charge is 0.497 e. The number of hydrogen-bond donors (Lipinski definition) is 0. The highest BCUT2D eigenvalue weighted by atomic mass is 35.5. The van der Waals surface area contributed by atoms with Crippen LogP contribution in [0.1, 0.15) is 0 Å². The molecule has 0 N–H and O–H groups in total. The number of methoxy groups -OCH3 is 1. The van der Waals surface area contributed by atoms with Crippen molar-refractivity contribution in [3.8, 4) is 16.3 Å². The van der Waals surface area contributed by atoms with Gasteiger partial charge in [-0.2, -0.15) is 0 Å². The van der Waals surface area contributed by atoms with Gasteiger partial charge in [-0.3, -0.25) is 0 Å². The molecule has 0 fully saturated rings. The van der Waals surface area contributed by atoms with Crippen molar-refractivity contribution in [2.24, 2.45) is 0 Å². The summed E-state index contributed by atoms with van der Waals surface area (Å²) < 4.78 is 5.94. The number of pyridine rings is 1. The minimum Gasteiger partial charge on any atom is -0.497 e. The molecule has 0 saturated heterocycles. The Balaban J connectivity index is 2.23. The van der Waals surface area contributed by atoms with E-state index in [9.17, 15) is 0 Å². The normalized spacial score (nSPS) is 11.0. The van der Waals surface area contributed by atoms with E-state index in [0.717, 1.165) is 10.2 Å². The fourth-order valence-electron chi connectivity index (χ4n) is 1.80. The second-order valence-electron chi connectivity index (χ2n) is 3.94. The first-order chi connectivity index (χ1) is 9.60. The molecule has 0 aliphatic rings. The maximum atomic E-state index is 6.27. The van der Waals surface area contributed by atoms with Crippen molar-refractivity contribution in [1.29, 1.82) is 0 Å². The van der Waals surface area contributed by atoms with Gasteiger partial charge in [-0.05, 0) is 18.2 Å². The van der Waals surface area contributed by atoms with E-state index >= 15 is 0 Å². The molecule has 0 aliphatic heterocycles. The van der Waals surface area contributed by atoms with Crippen molar-refractivity contribution in [3.63, 3.8) is 0 Å². The van der Waals surface area contributed by atoms with Gasteiger partial charge in [-0.25, -0.2) is 9.97 Å². The van der Waals surface area contributed by atoms with Crippen LogP contribution in [0.2, 0.25) is 15.2 Å². The zero-order chi connectivity index (χ0) is 14.3. The lowest BCUT2D eigenvalue weighted by Gasteiger charge is -2.06. The molecular weight excluding hydrogens is 339 g/mol. The minimum absolute atomic E-state index is 0.423. The average molecular weight is 346 g/mol. The van der Waals surface area contributed by atoms with Gasteiger partial charge >= 0.3 is 0 Å². The quantitative estimate of drug-likeness (QED) is 0.589. The summed E-state index contributed by atoms with van der Waals surface area (Å²) in [6, 6.07) is 5.20. The van der Waals surface area contributed by atoms with Crippen LogP contribution in [0, 0.1) is 0 Å². The summed E-state index contributed by atoms with van der Waals surface area (Å²) in [5.74, 6) is 0.601. The lowest BCUT2D eigenvalue weighted by Crippen LogP contribution is -1.86. The van der Waals surface area contributed by atoms with Crippen LogP contribution in [-0.2, 0) is 0 Å². The number of aromatic nitrogens is 2. The fraction of sp³-hybridized carbons (Fsp3) is 0.0769. The fourth-order valence-corrected chi connectivity index (χ4v) is 3.85. The number of benzene rings is 1. The summed E-state index contributed by atoms with van der Waals surface area (Å²) in [4.78, 5) is 8.54. The van der Waals surface area contributed by atoms with Gasteiger partial charge < -0.3 is 4.74 Å². The molecule has 2 heterocycles. The van der Waals surface area contributed by atoms with Gasteiger partial charge in [0.2, 0.25) is 0 Å². The standard InChI is InChI=1S/C13H7Cl3N2OS/c1-19-6-4-7(14)10(8(15)5-6)13-18-9-2-3-17-12(16)11(9)20-13/h2-5H,1H3. The summed E-state index contributed by atoms with van der Waals surface area (Å²) in [5, 5.41) is 2.09. The van der Waals surface area contributed by atoms with Crippen LogP contribution in [0.15, 0.2) is 24.4 Å². The monoisotopic (exact) mass is 344 g/mol. The Labute approximate surface area is 134 Å². The van der Waals surface area contributed by atoms with E-state index in [1.54, 1.807) is 31.5 Å². The predicted molar refractivity (Wildman–Crippen MR) is 84.4 cm³/mol. The number of halogens is 3. The molecule has 0 saturated carbocycles. The van der Waals surface area contributed by atoms with E-state index in [-0.39, 0.29) is 0 Å². The Bertz CT molecular complexity index is 780. The van der Waals surface area contributed by atoms with Crippen molar-refractivity contribution in [3.05, 3.63) is 39.6 Å². The van der Waals surface area contributed by atoms with Crippen LogP contribution in [-0.4, -0.2) is 17.1 Å². The molecule has 0 spiro atoms. The molecule has 2 aromatic heterocycles. The Hall–Kier alpha value is -1.07. The highest BCUT2D eigenvalue weighted by molar-refractivity contribution is 7.22. The van der Waals surface area contributed by atoms with Crippen LogP contribution in [0.3, 0.4) is 0 Å². The van der Waals surface area contributed by atoms with Gasteiger partial charge in [0, 0.05) is 11.8 Å². The molecule has 7 heteroatoms. The molecule has 102 valence electrons. The van der Waals surface area contributed by atoms with Crippen molar-refractivity contribution in [2.45, 2.75) is 0 Å². The second-order valence-corrected chi connectivity index (χ2v) is 6.11. The third-order valence-electron chi connectivity index (χ3n) is 2.73. The third kappa shape index (κ3) is 2.33. The number of thiazole rings is 1. The predicted octanol–water partition coefficient (Wildman–Crippen LogP) is 5.33.